The van der Waals surface area contributed by atoms with Crippen LogP contribution in [0.1, 0.15) is 62.8 Å². The number of aryl methyl sites for hydroxylation is 2. The molecule has 2 aliphatic heterocycles. The number of hydrogen-bond donors (Lipinski definition) is 0. The van der Waals surface area contributed by atoms with E-state index >= 15 is 0 Å². The van der Waals surface area contributed by atoms with Crippen molar-refractivity contribution in [1.29, 1.82) is 0 Å². The average Bonchev–Trinajstić information content (AvgIpc) is 4.20. The van der Waals surface area contributed by atoms with Gasteiger partial charge in [-0.1, -0.05) is 120 Å². The van der Waals surface area contributed by atoms with Crippen LogP contribution in [0.25, 0.3) is 72.5 Å². The third-order valence-electron chi connectivity index (χ3n) is 15.2. The predicted molar refractivity (Wildman–Crippen MR) is 315 cm³/mol. The molecule has 0 radical (unpaired) electrons. The molecule has 0 fully saturated rings. The second-order valence-electron chi connectivity index (χ2n) is 21.2. The molecule has 4 aromatic heterocycles. The molecular formula is C65H51BN2OS3. The number of benzene rings is 8. The van der Waals surface area contributed by atoms with E-state index in [2.05, 4.69) is 234 Å². The van der Waals surface area contributed by atoms with E-state index in [1.165, 1.54) is 118 Å². The summed E-state index contributed by atoms with van der Waals surface area (Å²) in [5.74, 6) is 0.261. The summed E-state index contributed by atoms with van der Waals surface area (Å²) in [5.41, 5.74) is 20.1. The summed E-state index contributed by atoms with van der Waals surface area (Å²) in [6.45, 7) is 16.1. The third-order valence-corrected chi connectivity index (χ3v) is 18.7. The predicted octanol–water partition coefficient (Wildman–Crippen LogP) is 18.2. The number of thiophene rings is 3. The van der Waals surface area contributed by atoms with Crippen LogP contribution in [0.15, 0.2) is 180 Å². The summed E-state index contributed by atoms with van der Waals surface area (Å²) in [6.07, 6.45) is 0. The van der Waals surface area contributed by atoms with Crippen LogP contribution in [0.2, 0.25) is 0 Å². The van der Waals surface area contributed by atoms with Gasteiger partial charge in [0.05, 0.1) is 17.0 Å². The van der Waals surface area contributed by atoms with Crippen LogP contribution in [-0.2, 0) is 5.41 Å². The normalized spacial score (nSPS) is 13.2. The van der Waals surface area contributed by atoms with Gasteiger partial charge in [-0.15, -0.1) is 34.0 Å². The molecule has 0 atom stereocenters. The maximum Gasteiger partial charge on any atom is 0.297 e. The molecule has 0 saturated heterocycles. The molecule has 3 nitrogen and oxygen atoms in total. The fourth-order valence-electron chi connectivity index (χ4n) is 11.6. The molecule has 0 spiro atoms. The van der Waals surface area contributed by atoms with Crippen LogP contribution in [0, 0.1) is 13.8 Å². The molecule has 0 amide bonds. The van der Waals surface area contributed by atoms with Crippen molar-refractivity contribution < 1.29 is 4.42 Å². The summed E-state index contributed by atoms with van der Waals surface area (Å²) in [5, 5.41) is 4.99. The number of nitrogens with zero attached hydrogens (tertiary/aromatic N) is 2. The molecule has 0 N–H and O–H groups in total. The number of furan rings is 1. The highest BCUT2D eigenvalue weighted by Gasteiger charge is 2.47. The Kier molecular flexibility index (Phi) is 9.80. The van der Waals surface area contributed by atoms with Gasteiger partial charge in [0.1, 0.15) is 5.58 Å². The maximum atomic E-state index is 7.45. The standard InChI is InChI=1S/C65H51BN2OS3/c1-37(2)45-31-52-61-53(32-45)68(62-38(3)27-46(28-39(62)4)60-35-43-17-10-13-22-57(43)72-60)63-49-36-47(65(5,6)7)24-26-54(49)69-64(63)66(61)50-25-23-44(59-34-42-16-9-12-21-56(42)71-59)30-51(50)67(52)48-19-14-18-40(29-48)58-33-41-15-8-11-20-55(41)70-58/h8-37H,1-7H3. The first-order valence-electron chi connectivity index (χ1n) is 25.1. The van der Waals surface area contributed by atoms with Crippen LogP contribution in [0.4, 0.5) is 34.1 Å². The summed E-state index contributed by atoms with van der Waals surface area (Å²) in [7, 11) is 0. The highest BCUT2D eigenvalue weighted by atomic mass is 32.1. The molecule has 0 saturated carbocycles. The first kappa shape index (κ1) is 43.6. The summed E-state index contributed by atoms with van der Waals surface area (Å²) in [6, 6.07) is 66.5. The molecule has 6 heterocycles. The molecular weight excluding hydrogens is 932 g/mol. The number of fused-ring (bicyclic) bond motifs is 9. The van der Waals surface area contributed by atoms with E-state index in [4.69, 9.17) is 4.42 Å². The van der Waals surface area contributed by atoms with Crippen LogP contribution in [0.5, 0.6) is 0 Å². The van der Waals surface area contributed by atoms with Crippen LogP contribution in [0.3, 0.4) is 0 Å². The topological polar surface area (TPSA) is 19.6 Å². The second-order valence-corrected chi connectivity index (χ2v) is 24.5. The average molecular weight is 983 g/mol. The maximum absolute atomic E-state index is 7.45. The van der Waals surface area contributed by atoms with E-state index < -0.39 is 0 Å². The number of anilines is 6. The zero-order chi connectivity index (χ0) is 48.7. The smallest absolute Gasteiger partial charge is 0.297 e. The van der Waals surface area contributed by atoms with Crippen molar-refractivity contribution >= 4 is 133 Å². The molecule has 7 heteroatoms. The Morgan fingerprint density at radius 1 is 0.500 bits per heavy atom. The van der Waals surface area contributed by atoms with Crippen molar-refractivity contribution in [2.45, 2.75) is 59.8 Å². The van der Waals surface area contributed by atoms with Crippen LogP contribution < -0.4 is 26.4 Å². The molecule has 0 unspecified atom stereocenters. The lowest BCUT2D eigenvalue weighted by atomic mass is 9.35. The van der Waals surface area contributed by atoms with Crippen molar-refractivity contribution in [1.82, 2.24) is 0 Å². The Morgan fingerprint density at radius 3 is 1.65 bits per heavy atom. The highest BCUT2D eigenvalue weighted by Crippen LogP contribution is 2.51. The SMILES string of the molecule is Cc1cc(-c2cc3ccccc3s2)cc(C)c1N1c2cc(C(C)C)cc3c2B(c2ccc(-c4cc5ccccc5s4)cc2N3c2cccc(-c3cc4ccccc4s3)c2)c2oc3ccc(C(C)(C)C)cc3c21. The Bertz CT molecular complexity index is 4070. The van der Waals surface area contributed by atoms with Gasteiger partial charge in [0.2, 0.25) is 0 Å². The molecule has 8 aromatic carbocycles. The van der Waals surface area contributed by atoms with E-state index in [0.717, 1.165) is 28.0 Å². The Balaban J connectivity index is 1.06. The summed E-state index contributed by atoms with van der Waals surface area (Å²) in [4.78, 5) is 9.01. The lowest BCUT2D eigenvalue weighted by Crippen LogP contribution is -2.61. The minimum Gasteiger partial charge on any atom is -0.468 e. The van der Waals surface area contributed by atoms with Gasteiger partial charge in [-0.2, -0.15) is 0 Å². The Labute approximate surface area is 433 Å². The zero-order valence-corrected chi connectivity index (χ0v) is 43.9. The van der Waals surface area contributed by atoms with Crippen molar-refractivity contribution in [2.75, 3.05) is 9.80 Å². The van der Waals surface area contributed by atoms with E-state index in [0.29, 0.717) is 0 Å². The molecule has 0 bridgehead atoms. The monoisotopic (exact) mass is 982 g/mol. The van der Waals surface area contributed by atoms with Crippen molar-refractivity contribution in [3.63, 3.8) is 0 Å². The Morgan fingerprint density at radius 2 is 1.07 bits per heavy atom. The van der Waals surface area contributed by atoms with Gasteiger partial charge in [0.25, 0.3) is 6.71 Å². The van der Waals surface area contributed by atoms with Gasteiger partial charge in [0, 0.05) is 56.9 Å². The van der Waals surface area contributed by atoms with E-state index in [1.807, 2.05) is 34.0 Å². The largest absolute Gasteiger partial charge is 0.468 e. The minimum atomic E-state index is -0.167. The lowest BCUT2D eigenvalue weighted by molar-refractivity contribution is 0.590. The molecule has 2 aliphatic rings. The Hall–Kier alpha value is -7.16. The summed E-state index contributed by atoms with van der Waals surface area (Å²) >= 11 is 5.60. The van der Waals surface area contributed by atoms with Gasteiger partial charge in [-0.3, -0.25) is 0 Å². The fraction of sp³-hybridized carbons (Fsp3) is 0.138. The van der Waals surface area contributed by atoms with Crippen molar-refractivity contribution in [3.05, 3.63) is 198 Å². The van der Waals surface area contributed by atoms with Crippen LogP contribution >= 0.6 is 34.0 Å². The quantitative estimate of drug-likeness (QED) is 0.155. The second kappa shape index (κ2) is 16.2. The van der Waals surface area contributed by atoms with Gasteiger partial charge >= 0.3 is 0 Å². The molecule has 348 valence electrons. The molecule has 72 heavy (non-hydrogen) atoms. The van der Waals surface area contributed by atoms with Crippen molar-refractivity contribution in [2.24, 2.45) is 0 Å². The van der Waals surface area contributed by atoms with Crippen molar-refractivity contribution in [3.8, 4) is 31.3 Å². The summed E-state index contributed by atoms with van der Waals surface area (Å²) < 4.78 is 11.4. The first-order valence-corrected chi connectivity index (χ1v) is 27.6. The minimum absolute atomic E-state index is 0.0588. The zero-order valence-electron chi connectivity index (χ0n) is 41.4. The fourth-order valence-corrected chi connectivity index (χ4v) is 14.8. The highest BCUT2D eigenvalue weighted by molar-refractivity contribution is 7.23. The van der Waals surface area contributed by atoms with E-state index in [1.54, 1.807) is 0 Å². The molecule has 12 aromatic rings. The number of rotatable bonds is 6. The van der Waals surface area contributed by atoms with E-state index in [-0.39, 0.29) is 18.0 Å². The lowest BCUT2D eigenvalue weighted by Gasteiger charge is -2.43. The van der Waals surface area contributed by atoms with Gasteiger partial charge in [0.15, 0.2) is 0 Å². The third kappa shape index (κ3) is 6.81. The van der Waals surface area contributed by atoms with Gasteiger partial charge < -0.3 is 14.2 Å². The van der Waals surface area contributed by atoms with E-state index in [9.17, 15) is 0 Å². The van der Waals surface area contributed by atoms with Gasteiger partial charge in [-0.05, 0) is 182 Å². The van der Waals surface area contributed by atoms with Gasteiger partial charge in [-0.25, -0.2) is 0 Å². The first-order chi connectivity index (χ1) is 34.9. The molecule has 14 rings (SSSR count). The van der Waals surface area contributed by atoms with Crippen LogP contribution in [-0.4, -0.2) is 6.71 Å². The number of hydrogen-bond acceptors (Lipinski definition) is 6. The molecule has 0 aliphatic carbocycles.